The van der Waals surface area contributed by atoms with E-state index in [2.05, 4.69) is 0 Å². The fourth-order valence-corrected chi connectivity index (χ4v) is 3.52. The van der Waals surface area contributed by atoms with E-state index in [0.717, 1.165) is 24.3 Å². The quantitative estimate of drug-likeness (QED) is 0.884. The van der Waals surface area contributed by atoms with Crippen LogP contribution in [0.15, 0.2) is 41.3 Å². The maximum absolute atomic E-state index is 13.3. The maximum Gasteiger partial charge on any atom is 0.184 e. The molecule has 2 aromatic rings. The molecule has 0 heterocycles. The summed E-state index contributed by atoms with van der Waals surface area (Å²) in [6.45, 7) is 0. The largest absolute Gasteiger partial charge is 0.398 e. The molecule has 0 atom stereocenters. The van der Waals surface area contributed by atoms with Crippen LogP contribution in [0.2, 0.25) is 5.02 Å². The monoisotopic (exact) mass is 317 g/mol. The van der Waals surface area contributed by atoms with Crippen LogP contribution in [0.25, 0.3) is 0 Å². The van der Waals surface area contributed by atoms with Crippen molar-refractivity contribution in [2.24, 2.45) is 0 Å². The van der Waals surface area contributed by atoms with E-state index >= 15 is 0 Å². The van der Waals surface area contributed by atoms with Crippen molar-refractivity contribution in [3.8, 4) is 0 Å². The Labute approximate surface area is 119 Å². The number of benzene rings is 2. The molecule has 0 aliphatic carbocycles. The van der Waals surface area contributed by atoms with Crippen molar-refractivity contribution in [2.75, 3.05) is 5.73 Å². The first-order valence-electron chi connectivity index (χ1n) is 5.52. The average Bonchev–Trinajstić information content (AvgIpc) is 2.37. The highest BCUT2D eigenvalue weighted by atomic mass is 35.5. The van der Waals surface area contributed by atoms with Gasteiger partial charge in [0.25, 0.3) is 0 Å². The Morgan fingerprint density at radius 3 is 2.55 bits per heavy atom. The van der Waals surface area contributed by atoms with Crippen molar-refractivity contribution >= 4 is 27.1 Å². The third-order valence-electron chi connectivity index (χ3n) is 2.69. The molecule has 2 rings (SSSR count). The van der Waals surface area contributed by atoms with E-state index in [1.165, 1.54) is 12.1 Å². The van der Waals surface area contributed by atoms with E-state index in [4.69, 9.17) is 17.3 Å². The van der Waals surface area contributed by atoms with Gasteiger partial charge in [0.15, 0.2) is 9.84 Å². The molecule has 106 valence electrons. The summed E-state index contributed by atoms with van der Waals surface area (Å²) in [6, 6.07) is 6.91. The lowest BCUT2D eigenvalue weighted by atomic mass is 10.2. The van der Waals surface area contributed by atoms with Crippen molar-refractivity contribution in [1.82, 2.24) is 0 Å². The molecule has 0 aliphatic rings. The van der Waals surface area contributed by atoms with E-state index in [9.17, 15) is 17.2 Å². The molecule has 0 saturated heterocycles. The molecule has 20 heavy (non-hydrogen) atoms. The molecule has 0 amide bonds. The van der Waals surface area contributed by atoms with Crippen LogP contribution < -0.4 is 5.73 Å². The maximum atomic E-state index is 13.3. The summed E-state index contributed by atoms with van der Waals surface area (Å²) in [7, 11) is -3.92. The first-order chi connectivity index (χ1) is 9.31. The molecular formula is C13H10ClF2NO2S. The van der Waals surface area contributed by atoms with Crippen molar-refractivity contribution < 1.29 is 17.2 Å². The topological polar surface area (TPSA) is 60.2 Å². The molecule has 2 N–H and O–H groups in total. The smallest absolute Gasteiger partial charge is 0.184 e. The van der Waals surface area contributed by atoms with Crippen molar-refractivity contribution in [2.45, 2.75) is 10.6 Å². The first kappa shape index (κ1) is 14.7. The van der Waals surface area contributed by atoms with Gasteiger partial charge in [0, 0.05) is 0 Å². The molecule has 0 saturated carbocycles. The minimum atomic E-state index is -3.92. The lowest BCUT2D eigenvalue weighted by molar-refractivity contribution is 0.590. The van der Waals surface area contributed by atoms with Gasteiger partial charge in [0.05, 0.1) is 21.4 Å². The lowest BCUT2D eigenvalue weighted by Crippen LogP contribution is -2.09. The van der Waals surface area contributed by atoms with E-state index in [0.29, 0.717) is 0 Å². The van der Waals surface area contributed by atoms with Gasteiger partial charge in [-0.25, -0.2) is 17.2 Å². The van der Waals surface area contributed by atoms with Gasteiger partial charge in [0.2, 0.25) is 0 Å². The van der Waals surface area contributed by atoms with Gasteiger partial charge in [-0.15, -0.1) is 0 Å². The number of sulfone groups is 1. The molecule has 0 bridgehead atoms. The lowest BCUT2D eigenvalue weighted by Gasteiger charge is -2.09. The number of rotatable bonds is 3. The van der Waals surface area contributed by atoms with Crippen molar-refractivity contribution in [3.63, 3.8) is 0 Å². The molecule has 7 heteroatoms. The Morgan fingerprint density at radius 1 is 1.15 bits per heavy atom. The molecule has 2 aromatic carbocycles. The standard InChI is InChI=1S/C13H10ClF2NO2S/c14-13-8(2-1-3-10(13)16)7-20(18,19)12-6-9(15)4-5-11(12)17/h1-6H,7,17H2. The van der Waals surface area contributed by atoms with Crippen LogP contribution in [0.4, 0.5) is 14.5 Å². The second kappa shape index (κ2) is 5.38. The molecular weight excluding hydrogens is 308 g/mol. The fraction of sp³-hybridized carbons (Fsp3) is 0.0769. The Morgan fingerprint density at radius 2 is 1.85 bits per heavy atom. The third kappa shape index (κ3) is 2.91. The van der Waals surface area contributed by atoms with Gasteiger partial charge in [-0.3, -0.25) is 0 Å². The molecule has 3 nitrogen and oxygen atoms in total. The summed E-state index contributed by atoms with van der Waals surface area (Å²) in [6.07, 6.45) is 0. The summed E-state index contributed by atoms with van der Waals surface area (Å²) >= 11 is 5.71. The van der Waals surface area contributed by atoms with Crippen molar-refractivity contribution in [1.29, 1.82) is 0 Å². The van der Waals surface area contributed by atoms with Gasteiger partial charge in [-0.1, -0.05) is 23.7 Å². The normalized spacial score (nSPS) is 11.6. The summed E-state index contributed by atoms with van der Waals surface area (Å²) in [5.41, 5.74) is 5.57. The van der Waals surface area contributed by atoms with E-state index in [1.54, 1.807) is 0 Å². The Hall–Kier alpha value is -1.66. The predicted molar refractivity (Wildman–Crippen MR) is 73.1 cm³/mol. The van der Waals surface area contributed by atoms with Crippen LogP contribution in [0.1, 0.15) is 5.56 Å². The van der Waals surface area contributed by atoms with Gasteiger partial charge in [-0.05, 0) is 29.8 Å². The second-order valence-corrected chi connectivity index (χ2v) is 6.49. The zero-order valence-corrected chi connectivity index (χ0v) is 11.7. The summed E-state index contributed by atoms with van der Waals surface area (Å²) in [4.78, 5) is -0.335. The Balaban J connectivity index is 2.46. The number of hydrogen-bond acceptors (Lipinski definition) is 3. The minimum Gasteiger partial charge on any atom is -0.398 e. The molecule has 0 spiro atoms. The zero-order chi connectivity index (χ0) is 14.9. The first-order valence-corrected chi connectivity index (χ1v) is 7.55. The van der Waals surface area contributed by atoms with E-state index in [-0.39, 0.29) is 21.2 Å². The number of nitrogens with two attached hydrogens (primary N) is 1. The fourth-order valence-electron chi connectivity index (χ4n) is 1.72. The Bertz CT molecular complexity index is 763. The van der Waals surface area contributed by atoms with Crippen LogP contribution in [0.5, 0.6) is 0 Å². The highest BCUT2D eigenvalue weighted by Crippen LogP contribution is 2.27. The number of hydrogen-bond donors (Lipinski definition) is 1. The summed E-state index contributed by atoms with van der Waals surface area (Å²) in [5, 5.41) is -0.272. The summed E-state index contributed by atoms with van der Waals surface area (Å²) in [5.74, 6) is -1.99. The van der Waals surface area contributed by atoms with Crippen LogP contribution in [0, 0.1) is 11.6 Å². The zero-order valence-electron chi connectivity index (χ0n) is 10.1. The second-order valence-electron chi connectivity index (χ2n) is 4.15. The van der Waals surface area contributed by atoms with Gasteiger partial charge in [-0.2, -0.15) is 0 Å². The molecule has 0 unspecified atom stereocenters. The molecule has 0 fully saturated rings. The third-order valence-corrected chi connectivity index (χ3v) is 4.83. The molecule has 0 radical (unpaired) electrons. The van der Waals surface area contributed by atoms with Crippen LogP contribution in [-0.2, 0) is 15.6 Å². The van der Waals surface area contributed by atoms with Gasteiger partial charge in [0.1, 0.15) is 11.6 Å². The minimum absolute atomic E-state index is 0.0704. The van der Waals surface area contributed by atoms with Crippen molar-refractivity contribution in [3.05, 3.63) is 58.6 Å². The highest BCUT2D eigenvalue weighted by Gasteiger charge is 2.21. The van der Waals surface area contributed by atoms with Crippen LogP contribution in [-0.4, -0.2) is 8.42 Å². The summed E-state index contributed by atoms with van der Waals surface area (Å²) < 4.78 is 50.9. The number of nitrogen functional groups attached to an aromatic ring is 1. The number of anilines is 1. The average molecular weight is 318 g/mol. The Kier molecular flexibility index (Phi) is 3.96. The molecule has 0 aromatic heterocycles. The van der Waals surface area contributed by atoms with Crippen LogP contribution >= 0.6 is 11.6 Å². The van der Waals surface area contributed by atoms with Crippen LogP contribution in [0.3, 0.4) is 0 Å². The SMILES string of the molecule is Nc1ccc(F)cc1S(=O)(=O)Cc1cccc(F)c1Cl. The van der Waals surface area contributed by atoms with Gasteiger partial charge < -0.3 is 5.73 Å². The van der Waals surface area contributed by atoms with E-state index in [1.807, 2.05) is 0 Å². The van der Waals surface area contributed by atoms with E-state index < -0.39 is 27.2 Å². The highest BCUT2D eigenvalue weighted by molar-refractivity contribution is 7.90. The molecule has 0 aliphatic heterocycles. The predicted octanol–water partition coefficient (Wildman–Crippen LogP) is 3.17. The number of halogens is 3. The van der Waals surface area contributed by atoms with Gasteiger partial charge >= 0.3 is 0 Å².